The summed E-state index contributed by atoms with van der Waals surface area (Å²) in [5.41, 5.74) is 7.88. The molecule has 0 bridgehead atoms. The van der Waals surface area contributed by atoms with Gasteiger partial charge in [-0.15, -0.1) is 0 Å². The lowest BCUT2D eigenvalue weighted by Gasteiger charge is -2.39. The molecule has 4 aromatic rings. The van der Waals surface area contributed by atoms with Crippen molar-refractivity contribution >= 4 is 5.69 Å². The van der Waals surface area contributed by atoms with Crippen LogP contribution in [0.2, 0.25) is 0 Å². The Balaban J connectivity index is 1.56. The fraction of sp³-hybridized carbons (Fsp3) is 0.143. The number of benzene rings is 4. The SMILES string of the molecule is COc1ccc(N2CCc3ccccc3C2c2ccc(-c3ccccc3)cc2)cc1. The van der Waals surface area contributed by atoms with Crippen LogP contribution >= 0.6 is 0 Å². The number of methoxy groups -OCH3 is 1. The standard InChI is InChI=1S/C28H25NO/c1-30-26-17-15-25(16-18-26)29-20-19-23-9-5-6-10-27(23)28(29)24-13-11-22(12-14-24)21-7-3-2-4-8-21/h2-18,28H,19-20H2,1H3. The van der Waals surface area contributed by atoms with E-state index < -0.39 is 0 Å². The second-order valence-corrected chi connectivity index (χ2v) is 7.73. The number of fused-ring (bicyclic) bond motifs is 1. The molecule has 1 unspecified atom stereocenters. The third kappa shape index (κ3) is 3.46. The fourth-order valence-electron chi connectivity index (χ4n) is 4.47. The van der Waals surface area contributed by atoms with Gasteiger partial charge < -0.3 is 9.64 Å². The molecule has 1 heterocycles. The van der Waals surface area contributed by atoms with Crippen molar-refractivity contribution in [2.24, 2.45) is 0 Å². The summed E-state index contributed by atoms with van der Waals surface area (Å²) in [6.45, 7) is 0.994. The molecular weight excluding hydrogens is 366 g/mol. The van der Waals surface area contributed by atoms with Gasteiger partial charge in [-0.1, -0.05) is 78.9 Å². The van der Waals surface area contributed by atoms with Crippen molar-refractivity contribution < 1.29 is 4.74 Å². The zero-order chi connectivity index (χ0) is 20.3. The Hall–Kier alpha value is -3.52. The summed E-state index contributed by atoms with van der Waals surface area (Å²) >= 11 is 0. The van der Waals surface area contributed by atoms with E-state index in [1.165, 1.54) is 33.5 Å². The highest BCUT2D eigenvalue weighted by atomic mass is 16.5. The quantitative estimate of drug-likeness (QED) is 0.393. The van der Waals surface area contributed by atoms with E-state index in [1.54, 1.807) is 7.11 Å². The molecule has 0 aliphatic carbocycles. The van der Waals surface area contributed by atoms with Gasteiger partial charge in [-0.2, -0.15) is 0 Å². The van der Waals surface area contributed by atoms with Crippen molar-refractivity contribution in [1.82, 2.24) is 0 Å². The molecule has 0 aromatic heterocycles. The van der Waals surface area contributed by atoms with Gasteiger partial charge >= 0.3 is 0 Å². The van der Waals surface area contributed by atoms with Crippen LogP contribution in [0.3, 0.4) is 0 Å². The van der Waals surface area contributed by atoms with Gasteiger partial charge in [0.1, 0.15) is 5.75 Å². The van der Waals surface area contributed by atoms with Crippen molar-refractivity contribution in [1.29, 1.82) is 0 Å². The third-order valence-electron chi connectivity index (χ3n) is 6.02. The van der Waals surface area contributed by atoms with Crippen molar-refractivity contribution in [3.8, 4) is 16.9 Å². The van der Waals surface area contributed by atoms with Crippen LogP contribution in [0.4, 0.5) is 5.69 Å². The van der Waals surface area contributed by atoms with E-state index in [0.29, 0.717) is 0 Å². The zero-order valence-electron chi connectivity index (χ0n) is 17.2. The van der Waals surface area contributed by atoms with E-state index in [9.17, 15) is 0 Å². The Kier molecular flexibility index (Phi) is 4.98. The molecule has 2 nitrogen and oxygen atoms in total. The molecule has 1 aliphatic rings. The van der Waals surface area contributed by atoms with Crippen LogP contribution in [0.25, 0.3) is 11.1 Å². The second-order valence-electron chi connectivity index (χ2n) is 7.73. The summed E-state index contributed by atoms with van der Waals surface area (Å²) in [5, 5.41) is 0. The Morgan fingerprint density at radius 2 is 1.37 bits per heavy atom. The Morgan fingerprint density at radius 1 is 0.700 bits per heavy atom. The number of ether oxygens (including phenoxy) is 1. The molecule has 30 heavy (non-hydrogen) atoms. The van der Waals surface area contributed by atoms with Gasteiger partial charge in [0, 0.05) is 12.2 Å². The average molecular weight is 392 g/mol. The van der Waals surface area contributed by atoms with Gasteiger partial charge in [0.15, 0.2) is 0 Å². The highest BCUT2D eigenvalue weighted by Gasteiger charge is 2.28. The van der Waals surface area contributed by atoms with E-state index in [2.05, 4.69) is 95.9 Å². The summed E-state index contributed by atoms with van der Waals surface area (Å²) in [5.74, 6) is 0.889. The number of nitrogens with zero attached hydrogens (tertiary/aromatic N) is 1. The first-order valence-corrected chi connectivity index (χ1v) is 10.5. The molecule has 0 amide bonds. The predicted molar refractivity (Wildman–Crippen MR) is 124 cm³/mol. The number of hydrogen-bond donors (Lipinski definition) is 0. The largest absolute Gasteiger partial charge is 0.497 e. The van der Waals surface area contributed by atoms with E-state index in [-0.39, 0.29) is 6.04 Å². The average Bonchev–Trinajstić information content (AvgIpc) is 2.84. The normalized spacial score (nSPS) is 15.5. The summed E-state index contributed by atoms with van der Waals surface area (Å²) in [4.78, 5) is 2.51. The molecule has 0 fully saturated rings. The lowest BCUT2D eigenvalue weighted by Crippen LogP contribution is -2.36. The van der Waals surface area contributed by atoms with E-state index in [0.717, 1.165) is 18.7 Å². The van der Waals surface area contributed by atoms with Crippen LogP contribution in [-0.2, 0) is 6.42 Å². The van der Waals surface area contributed by atoms with Crippen LogP contribution in [-0.4, -0.2) is 13.7 Å². The number of hydrogen-bond acceptors (Lipinski definition) is 2. The van der Waals surface area contributed by atoms with Gasteiger partial charge in [0.2, 0.25) is 0 Å². The van der Waals surface area contributed by atoms with E-state index >= 15 is 0 Å². The molecule has 0 N–H and O–H groups in total. The van der Waals surface area contributed by atoms with Crippen LogP contribution in [0.5, 0.6) is 5.75 Å². The van der Waals surface area contributed by atoms with Gasteiger partial charge in [0.05, 0.1) is 13.2 Å². The van der Waals surface area contributed by atoms with Crippen molar-refractivity contribution in [3.05, 3.63) is 120 Å². The van der Waals surface area contributed by atoms with Crippen LogP contribution in [0, 0.1) is 0 Å². The van der Waals surface area contributed by atoms with Gasteiger partial charge in [-0.3, -0.25) is 0 Å². The first kappa shape index (κ1) is 18.5. The minimum absolute atomic E-state index is 0.202. The third-order valence-corrected chi connectivity index (χ3v) is 6.02. The fourth-order valence-corrected chi connectivity index (χ4v) is 4.47. The molecule has 0 spiro atoms. The monoisotopic (exact) mass is 391 g/mol. The molecule has 4 aromatic carbocycles. The molecule has 148 valence electrons. The first-order chi connectivity index (χ1) is 14.8. The Bertz CT molecular complexity index is 1120. The maximum absolute atomic E-state index is 5.36. The van der Waals surface area contributed by atoms with Gasteiger partial charge in [-0.25, -0.2) is 0 Å². The summed E-state index contributed by atoms with van der Waals surface area (Å²) < 4.78 is 5.36. The van der Waals surface area contributed by atoms with Crippen molar-refractivity contribution in [3.63, 3.8) is 0 Å². The molecule has 0 saturated heterocycles. The van der Waals surface area contributed by atoms with Gasteiger partial charge in [-0.05, 0) is 58.5 Å². The molecule has 1 atom stereocenters. The van der Waals surface area contributed by atoms with Crippen LogP contribution in [0.1, 0.15) is 22.7 Å². The number of anilines is 1. The summed E-state index contributed by atoms with van der Waals surface area (Å²) in [7, 11) is 1.71. The van der Waals surface area contributed by atoms with E-state index in [4.69, 9.17) is 4.74 Å². The molecule has 2 heteroatoms. The predicted octanol–water partition coefficient (Wildman–Crippen LogP) is 6.51. The molecule has 1 aliphatic heterocycles. The minimum atomic E-state index is 0.202. The lowest BCUT2D eigenvalue weighted by atomic mass is 9.87. The van der Waals surface area contributed by atoms with E-state index in [1.807, 2.05) is 12.1 Å². The lowest BCUT2D eigenvalue weighted by molar-refractivity contribution is 0.414. The molecule has 5 rings (SSSR count). The Labute approximate surface area is 178 Å². The minimum Gasteiger partial charge on any atom is -0.497 e. The van der Waals surface area contributed by atoms with Crippen molar-refractivity contribution in [2.45, 2.75) is 12.5 Å². The summed E-state index contributed by atoms with van der Waals surface area (Å²) in [6.07, 6.45) is 1.06. The zero-order valence-corrected chi connectivity index (χ0v) is 17.2. The molecular formula is C28H25NO. The second kappa shape index (κ2) is 8.08. The summed E-state index contributed by atoms with van der Waals surface area (Å²) in [6, 6.07) is 37.1. The van der Waals surface area contributed by atoms with Crippen molar-refractivity contribution in [2.75, 3.05) is 18.6 Å². The molecule has 0 saturated carbocycles. The highest BCUT2D eigenvalue weighted by molar-refractivity contribution is 5.65. The van der Waals surface area contributed by atoms with Crippen LogP contribution < -0.4 is 9.64 Å². The Morgan fingerprint density at radius 3 is 2.10 bits per heavy atom. The maximum atomic E-state index is 5.36. The highest BCUT2D eigenvalue weighted by Crippen LogP contribution is 2.39. The smallest absolute Gasteiger partial charge is 0.119 e. The number of rotatable bonds is 4. The molecule has 0 radical (unpaired) electrons. The first-order valence-electron chi connectivity index (χ1n) is 10.5. The van der Waals surface area contributed by atoms with Crippen LogP contribution in [0.15, 0.2) is 103 Å². The van der Waals surface area contributed by atoms with Gasteiger partial charge in [0.25, 0.3) is 0 Å². The maximum Gasteiger partial charge on any atom is 0.119 e. The topological polar surface area (TPSA) is 12.5 Å².